The molecule has 9 nitrogen and oxygen atoms in total. The summed E-state index contributed by atoms with van der Waals surface area (Å²) in [6.45, 7) is 8.20. The number of aryl methyl sites for hydroxylation is 2. The summed E-state index contributed by atoms with van der Waals surface area (Å²) in [5.41, 5.74) is 5.03. The van der Waals surface area contributed by atoms with Crippen molar-refractivity contribution >= 4 is 50.6 Å². The molecule has 0 radical (unpaired) electrons. The summed E-state index contributed by atoms with van der Waals surface area (Å²) in [4.78, 5) is 28.4. The topological polar surface area (TPSA) is 88.4 Å². The number of aromatic nitrogens is 4. The quantitative estimate of drug-likeness (QED) is 0.167. The van der Waals surface area contributed by atoms with Gasteiger partial charge in [0.05, 0.1) is 28.7 Å². The Hall–Kier alpha value is -4.06. The van der Waals surface area contributed by atoms with Crippen LogP contribution in [0.15, 0.2) is 55.0 Å². The number of halogens is 2. The molecule has 0 unspecified atom stereocenters. The second-order valence-corrected chi connectivity index (χ2v) is 13.5. The van der Waals surface area contributed by atoms with Crippen molar-refractivity contribution in [3.05, 3.63) is 82.6 Å². The standard InChI is InChI=1S/C35H37ClFN7O2S/c1-3-42(4-2)19-31(45)43-14-12-25(13-15-43)44-18-27-29(41-44)10-9-26-32-34(38-21-39-35(32)47-33(26)27)40-24-8-11-30(28(36)17-24)46-20-22-6-5-7-23(37)16-22/h5-8,11,16-18,21,25H,3-4,9-10,12-15,19-20H2,1-2H3,(H,38,39,40). The van der Waals surface area contributed by atoms with Gasteiger partial charge in [-0.25, -0.2) is 14.4 Å². The van der Waals surface area contributed by atoms with E-state index in [0.29, 0.717) is 17.3 Å². The Bertz CT molecular complexity index is 1920. The lowest BCUT2D eigenvalue weighted by Gasteiger charge is -2.33. The van der Waals surface area contributed by atoms with Gasteiger partial charge in [-0.2, -0.15) is 5.10 Å². The summed E-state index contributed by atoms with van der Waals surface area (Å²) < 4.78 is 21.5. The number of fused-ring (bicyclic) bond motifs is 5. The van der Waals surface area contributed by atoms with Crippen molar-refractivity contribution in [2.45, 2.75) is 52.2 Å². The second kappa shape index (κ2) is 13.6. The van der Waals surface area contributed by atoms with Crippen LogP contribution in [0.4, 0.5) is 15.9 Å². The highest BCUT2D eigenvalue weighted by molar-refractivity contribution is 7.22. The van der Waals surface area contributed by atoms with Crippen molar-refractivity contribution in [1.82, 2.24) is 29.5 Å². The van der Waals surface area contributed by atoms with Crippen LogP contribution in [0.3, 0.4) is 0 Å². The van der Waals surface area contributed by atoms with Crippen molar-refractivity contribution in [3.63, 3.8) is 0 Å². The summed E-state index contributed by atoms with van der Waals surface area (Å²) in [6, 6.07) is 12.1. The first-order valence-electron chi connectivity index (χ1n) is 16.2. The molecular formula is C35H37ClFN7O2S. The SMILES string of the molecule is CCN(CC)CC(=O)N1CCC(n2cc3c(n2)CCc2c-3sc3ncnc(Nc4ccc(OCc5cccc(F)c5)c(Cl)c4)c23)CC1. The number of nitrogens with one attached hydrogen (secondary N) is 1. The molecule has 47 heavy (non-hydrogen) atoms. The van der Waals surface area contributed by atoms with Gasteiger partial charge < -0.3 is 15.0 Å². The van der Waals surface area contributed by atoms with E-state index in [1.165, 1.54) is 28.1 Å². The largest absolute Gasteiger partial charge is 0.487 e. The molecular weight excluding hydrogens is 637 g/mol. The molecule has 1 aliphatic carbocycles. The molecule has 1 N–H and O–H groups in total. The number of likely N-dealkylation sites (N-methyl/N-ethyl adjacent to an activating group) is 1. The lowest BCUT2D eigenvalue weighted by atomic mass is 9.95. The molecule has 4 heterocycles. The number of amides is 1. The summed E-state index contributed by atoms with van der Waals surface area (Å²) in [6.07, 6.45) is 7.29. The van der Waals surface area contributed by atoms with Gasteiger partial charge in [-0.05, 0) is 80.2 Å². The normalized spacial score (nSPS) is 14.8. The van der Waals surface area contributed by atoms with E-state index in [1.807, 2.05) is 17.0 Å². The van der Waals surface area contributed by atoms with Crippen LogP contribution in [0.1, 0.15) is 49.6 Å². The first-order valence-corrected chi connectivity index (χ1v) is 17.4. The van der Waals surface area contributed by atoms with Crippen LogP contribution in [0.5, 0.6) is 5.75 Å². The monoisotopic (exact) mass is 673 g/mol. The fraction of sp³-hybridized carbons (Fsp3) is 0.371. The summed E-state index contributed by atoms with van der Waals surface area (Å²) in [5.74, 6) is 1.17. The molecule has 1 fully saturated rings. The minimum absolute atomic E-state index is 0.215. The Labute approximate surface area is 282 Å². The van der Waals surface area contributed by atoms with Gasteiger partial charge >= 0.3 is 0 Å². The Morgan fingerprint density at radius 3 is 2.72 bits per heavy atom. The van der Waals surface area contributed by atoms with Gasteiger partial charge in [0, 0.05) is 35.4 Å². The minimum atomic E-state index is -0.301. The van der Waals surface area contributed by atoms with Crippen LogP contribution in [0.2, 0.25) is 5.02 Å². The van der Waals surface area contributed by atoms with Crippen molar-refractivity contribution in [2.24, 2.45) is 0 Å². The number of nitrogens with zero attached hydrogens (tertiary/aromatic N) is 6. The van der Waals surface area contributed by atoms with Crippen molar-refractivity contribution in [3.8, 4) is 16.2 Å². The third kappa shape index (κ3) is 6.57. The van der Waals surface area contributed by atoms with Crippen LogP contribution in [-0.2, 0) is 24.2 Å². The Balaban J connectivity index is 1.06. The van der Waals surface area contributed by atoms with E-state index in [0.717, 1.165) is 84.8 Å². The lowest BCUT2D eigenvalue weighted by Crippen LogP contribution is -2.44. The number of hydrogen-bond acceptors (Lipinski definition) is 8. The van der Waals surface area contributed by atoms with Crippen LogP contribution < -0.4 is 10.1 Å². The number of thiophene rings is 1. The number of carbonyl (C=O) groups excluding carboxylic acids is 1. The van der Waals surface area contributed by atoms with E-state index in [1.54, 1.807) is 35.9 Å². The number of anilines is 2. The fourth-order valence-corrected chi connectivity index (χ4v) is 7.97. The number of carbonyl (C=O) groups is 1. The van der Waals surface area contributed by atoms with Gasteiger partial charge in [0.25, 0.3) is 0 Å². The molecule has 7 rings (SSSR count). The zero-order valence-corrected chi connectivity index (χ0v) is 28.1. The average molecular weight is 674 g/mol. The highest BCUT2D eigenvalue weighted by Crippen LogP contribution is 2.46. The summed E-state index contributed by atoms with van der Waals surface area (Å²) >= 11 is 8.26. The molecule has 2 aromatic carbocycles. The van der Waals surface area contributed by atoms with Gasteiger partial charge in [-0.15, -0.1) is 11.3 Å². The molecule has 2 aliphatic rings. The molecule has 1 aliphatic heterocycles. The van der Waals surface area contributed by atoms with E-state index in [2.05, 4.69) is 44.9 Å². The van der Waals surface area contributed by atoms with Crippen molar-refractivity contribution in [2.75, 3.05) is 38.0 Å². The Morgan fingerprint density at radius 2 is 1.96 bits per heavy atom. The van der Waals surface area contributed by atoms with Crippen LogP contribution in [0, 0.1) is 5.82 Å². The highest BCUT2D eigenvalue weighted by atomic mass is 35.5. The number of rotatable bonds is 10. The maximum absolute atomic E-state index is 13.5. The molecule has 5 aromatic rings. The van der Waals surface area contributed by atoms with Crippen LogP contribution in [-0.4, -0.2) is 68.2 Å². The molecule has 1 saturated heterocycles. The number of piperidine rings is 1. The van der Waals surface area contributed by atoms with Gasteiger partial charge in [0.1, 0.15) is 35.1 Å². The minimum Gasteiger partial charge on any atom is -0.487 e. The predicted octanol–water partition coefficient (Wildman–Crippen LogP) is 7.27. The molecule has 0 bridgehead atoms. The van der Waals surface area contributed by atoms with E-state index in [4.69, 9.17) is 21.4 Å². The Morgan fingerprint density at radius 1 is 1.13 bits per heavy atom. The third-order valence-electron chi connectivity index (χ3n) is 9.17. The van der Waals surface area contributed by atoms with Gasteiger partial charge in [0.2, 0.25) is 5.91 Å². The van der Waals surface area contributed by atoms with Gasteiger partial charge in [-0.3, -0.25) is 14.4 Å². The van der Waals surface area contributed by atoms with Gasteiger partial charge in [0.15, 0.2) is 0 Å². The van der Waals surface area contributed by atoms with E-state index < -0.39 is 0 Å². The predicted molar refractivity (Wildman–Crippen MR) is 184 cm³/mol. The van der Waals surface area contributed by atoms with Crippen LogP contribution >= 0.6 is 22.9 Å². The van der Waals surface area contributed by atoms with Gasteiger partial charge in [-0.1, -0.05) is 37.6 Å². The summed E-state index contributed by atoms with van der Waals surface area (Å²) in [5, 5.41) is 9.97. The van der Waals surface area contributed by atoms with E-state index >= 15 is 0 Å². The maximum Gasteiger partial charge on any atom is 0.236 e. The van der Waals surface area contributed by atoms with E-state index in [9.17, 15) is 9.18 Å². The molecule has 1 amide bonds. The highest BCUT2D eigenvalue weighted by Gasteiger charge is 2.30. The van der Waals surface area contributed by atoms with E-state index in [-0.39, 0.29) is 24.4 Å². The average Bonchev–Trinajstić information content (AvgIpc) is 3.69. The van der Waals surface area contributed by atoms with Crippen LogP contribution in [0.25, 0.3) is 20.7 Å². The second-order valence-electron chi connectivity index (χ2n) is 12.0. The number of likely N-dealkylation sites (tertiary alicyclic amines) is 1. The molecule has 0 atom stereocenters. The fourth-order valence-electron chi connectivity index (χ4n) is 6.51. The number of ether oxygens (including phenoxy) is 1. The Kier molecular flexibility index (Phi) is 9.11. The van der Waals surface area contributed by atoms with Crippen molar-refractivity contribution in [1.29, 1.82) is 0 Å². The molecule has 0 spiro atoms. The van der Waals surface area contributed by atoms with Crippen molar-refractivity contribution < 1.29 is 13.9 Å². The zero-order valence-electron chi connectivity index (χ0n) is 26.5. The number of hydrogen-bond donors (Lipinski definition) is 1. The first-order chi connectivity index (χ1) is 22.9. The third-order valence-corrected chi connectivity index (χ3v) is 10.6. The number of benzene rings is 2. The molecule has 12 heteroatoms. The lowest BCUT2D eigenvalue weighted by molar-refractivity contribution is -0.133. The molecule has 0 saturated carbocycles. The smallest absolute Gasteiger partial charge is 0.236 e. The zero-order chi connectivity index (χ0) is 32.5. The first kappa shape index (κ1) is 31.5. The summed E-state index contributed by atoms with van der Waals surface area (Å²) in [7, 11) is 0. The molecule has 3 aromatic heterocycles. The maximum atomic E-state index is 13.5. The molecule has 244 valence electrons.